The summed E-state index contributed by atoms with van der Waals surface area (Å²) in [6.45, 7) is 6.75. The number of nitrogens with one attached hydrogen (secondary N) is 2. The minimum absolute atomic E-state index is 0.0729. The zero-order valence-electron chi connectivity index (χ0n) is 20.3. The van der Waals surface area contributed by atoms with Crippen molar-refractivity contribution in [1.82, 2.24) is 24.8 Å². The predicted octanol–water partition coefficient (Wildman–Crippen LogP) is 4.54. The zero-order chi connectivity index (χ0) is 24.7. The van der Waals surface area contributed by atoms with Crippen LogP contribution in [0.3, 0.4) is 0 Å². The number of fused-ring (bicyclic) bond motifs is 1. The fourth-order valence-corrected chi connectivity index (χ4v) is 5.46. The number of aryl methyl sites for hydroxylation is 1. The van der Waals surface area contributed by atoms with Crippen molar-refractivity contribution in [3.63, 3.8) is 0 Å². The van der Waals surface area contributed by atoms with E-state index in [0.717, 1.165) is 41.7 Å². The summed E-state index contributed by atoms with van der Waals surface area (Å²) in [6.07, 6.45) is 3.50. The van der Waals surface area contributed by atoms with Gasteiger partial charge in [-0.2, -0.15) is 5.10 Å². The molecular weight excluding hydrogens is 462 g/mol. The molecule has 0 fully saturated rings. The minimum Gasteiger partial charge on any atom is -0.464 e. The Bertz CT molecular complexity index is 1310. The highest BCUT2D eigenvalue weighted by atomic mass is 32.2. The maximum Gasteiger partial charge on any atom is 0.212 e. The summed E-state index contributed by atoms with van der Waals surface area (Å²) in [7, 11) is -3.50. The smallest absolute Gasteiger partial charge is 0.212 e. The number of nitrogens with zero attached hydrogens (tertiary/aromatic N) is 3. The second kappa shape index (κ2) is 11.6. The number of H-pyrrole nitrogens is 1. The lowest BCUT2D eigenvalue weighted by atomic mass is 10.1. The third kappa shape index (κ3) is 6.78. The summed E-state index contributed by atoms with van der Waals surface area (Å²) in [5.41, 5.74) is 2.77. The maximum absolute atomic E-state index is 13.0. The largest absolute Gasteiger partial charge is 0.464 e. The number of hydrogen-bond donors (Lipinski definition) is 2. The molecule has 0 aliphatic carbocycles. The molecule has 0 radical (unpaired) electrons. The van der Waals surface area contributed by atoms with Crippen LogP contribution in [0.2, 0.25) is 0 Å². The highest BCUT2D eigenvalue weighted by molar-refractivity contribution is 7.89. The lowest BCUT2D eigenvalue weighted by molar-refractivity contribution is 0.304. The van der Waals surface area contributed by atoms with Crippen LogP contribution in [0.4, 0.5) is 0 Å². The molecule has 1 atom stereocenters. The van der Waals surface area contributed by atoms with Crippen molar-refractivity contribution in [2.24, 2.45) is 0 Å². The SMILES string of the molecule is CCN(CC)CCCS(=O)(=O)N[C@H](CCc1ccccc1)c1nc(-c2ccc3occc3c2)n[nH]1. The van der Waals surface area contributed by atoms with Crippen molar-refractivity contribution in [1.29, 1.82) is 0 Å². The molecule has 0 amide bonds. The molecule has 0 spiro atoms. The molecule has 9 heteroatoms. The molecule has 4 rings (SSSR count). The summed E-state index contributed by atoms with van der Waals surface area (Å²) in [5, 5.41) is 8.32. The van der Waals surface area contributed by atoms with Crippen LogP contribution in [-0.4, -0.2) is 53.9 Å². The van der Waals surface area contributed by atoms with Crippen LogP contribution in [0.25, 0.3) is 22.4 Å². The predicted molar refractivity (Wildman–Crippen MR) is 138 cm³/mol. The normalized spacial score (nSPS) is 13.0. The Morgan fingerprint density at radius 2 is 1.89 bits per heavy atom. The molecule has 0 saturated carbocycles. The Hall–Kier alpha value is -3.01. The van der Waals surface area contributed by atoms with Gasteiger partial charge in [0.25, 0.3) is 0 Å². The Kier molecular flexibility index (Phi) is 8.33. The van der Waals surface area contributed by atoms with E-state index in [-0.39, 0.29) is 5.75 Å². The first kappa shape index (κ1) is 25.1. The quantitative estimate of drug-likeness (QED) is 0.282. The highest BCUT2D eigenvalue weighted by Gasteiger charge is 2.23. The molecule has 186 valence electrons. The van der Waals surface area contributed by atoms with Crippen LogP contribution < -0.4 is 4.72 Å². The van der Waals surface area contributed by atoms with Gasteiger partial charge >= 0.3 is 0 Å². The number of aromatic nitrogens is 3. The highest BCUT2D eigenvalue weighted by Crippen LogP contribution is 2.25. The zero-order valence-corrected chi connectivity index (χ0v) is 21.1. The van der Waals surface area contributed by atoms with Crippen molar-refractivity contribution in [2.75, 3.05) is 25.4 Å². The minimum atomic E-state index is -3.50. The summed E-state index contributed by atoms with van der Waals surface area (Å²) in [4.78, 5) is 6.90. The van der Waals surface area contributed by atoms with Gasteiger partial charge in [-0.15, -0.1) is 0 Å². The van der Waals surface area contributed by atoms with Gasteiger partial charge in [0.2, 0.25) is 10.0 Å². The molecule has 4 aromatic rings. The van der Waals surface area contributed by atoms with E-state index in [9.17, 15) is 8.42 Å². The van der Waals surface area contributed by atoms with Crippen LogP contribution in [-0.2, 0) is 16.4 Å². The number of aromatic amines is 1. The third-order valence-corrected chi connectivity index (χ3v) is 7.68. The van der Waals surface area contributed by atoms with Gasteiger partial charge in [0.15, 0.2) is 5.82 Å². The third-order valence-electron chi connectivity index (χ3n) is 6.21. The molecule has 0 saturated heterocycles. The summed E-state index contributed by atoms with van der Waals surface area (Å²) in [5.74, 6) is 1.10. The van der Waals surface area contributed by atoms with Gasteiger partial charge in [-0.25, -0.2) is 18.1 Å². The van der Waals surface area contributed by atoms with Crippen LogP contribution in [0.5, 0.6) is 0 Å². The number of rotatable bonds is 13. The van der Waals surface area contributed by atoms with Gasteiger partial charge in [0.1, 0.15) is 11.4 Å². The maximum atomic E-state index is 13.0. The molecule has 2 heterocycles. The lowest BCUT2D eigenvalue weighted by Gasteiger charge is -2.19. The first-order valence-electron chi connectivity index (χ1n) is 12.1. The summed E-state index contributed by atoms with van der Waals surface area (Å²) in [6, 6.07) is 17.2. The Balaban J connectivity index is 1.51. The van der Waals surface area contributed by atoms with Crippen molar-refractivity contribution < 1.29 is 12.8 Å². The molecule has 0 aliphatic heterocycles. The standard InChI is InChI=1S/C26H33N5O3S/c1-3-31(4-2)16-8-18-35(32,33)30-23(13-11-20-9-6-5-7-10-20)26-27-25(28-29-26)22-12-14-24-21(19-22)15-17-34-24/h5-7,9-10,12,14-15,17,19,23,30H,3-4,8,11,13,16,18H2,1-2H3,(H,27,28,29)/t23-/m1/s1. The van der Waals surface area contributed by atoms with E-state index in [1.54, 1.807) is 6.26 Å². The Morgan fingerprint density at radius 3 is 2.66 bits per heavy atom. The van der Waals surface area contributed by atoms with E-state index < -0.39 is 16.1 Å². The average Bonchev–Trinajstić information content (AvgIpc) is 3.54. The number of furan rings is 1. The van der Waals surface area contributed by atoms with Gasteiger partial charge in [-0.3, -0.25) is 5.10 Å². The molecule has 2 N–H and O–H groups in total. The van der Waals surface area contributed by atoms with Crippen LogP contribution >= 0.6 is 0 Å². The first-order valence-corrected chi connectivity index (χ1v) is 13.8. The second-order valence-corrected chi connectivity index (χ2v) is 10.5. The van der Waals surface area contributed by atoms with Crippen LogP contribution in [0.15, 0.2) is 65.3 Å². The number of hydrogen-bond acceptors (Lipinski definition) is 6. The van der Waals surface area contributed by atoms with Gasteiger partial charge < -0.3 is 9.32 Å². The van der Waals surface area contributed by atoms with E-state index in [4.69, 9.17) is 4.42 Å². The van der Waals surface area contributed by atoms with Gasteiger partial charge in [-0.05, 0) is 68.7 Å². The Labute approximate surface area is 206 Å². The van der Waals surface area contributed by atoms with Crippen molar-refractivity contribution in [3.05, 3.63) is 72.2 Å². The molecule has 35 heavy (non-hydrogen) atoms. The number of sulfonamides is 1. The van der Waals surface area contributed by atoms with Gasteiger partial charge in [0.05, 0.1) is 18.1 Å². The van der Waals surface area contributed by atoms with Gasteiger partial charge in [0, 0.05) is 10.9 Å². The van der Waals surface area contributed by atoms with Crippen molar-refractivity contribution in [2.45, 2.75) is 39.2 Å². The summed E-state index contributed by atoms with van der Waals surface area (Å²) >= 11 is 0. The first-order chi connectivity index (χ1) is 17.0. The lowest BCUT2D eigenvalue weighted by Crippen LogP contribution is -2.33. The fraction of sp³-hybridized carbons (Fsp3) is 0.385. The Morgan fingerprint density at radius 1 is 1.09 bits per heavy atom. The molecule has 2 aromatic heterocycles. The molecule has 0 aliphatic rings. The second-order valence-electron chi connectivity index (χ2n) is 8.61. The van der Waals surface area contributed by atoms with Crippen LogP contribution in [0.1, 0.15) is 44.1 Å². The van der Waals surface area contributed by atoms with Crippen molar-refractivity contribution in [3.8, 4) is 11.4 Å². The van der Waals surface area contributed by atoms with Crippen molar-refractivity contribution >= 4 is 21.0 Å². The summed E-state index contributed by atoms with van der Waals surface area (Å²) < 4.78 is 34.2. The molecule has 8 nitrogen and oxygen atoms in total. The van der Waals surface area contributed by atoms with E-state index >= 15 is 0 Å². The number of benzene rings is 2. The monoisotopic (exact) mass is 495 g/mol. The van der Waals surface area contributed by atoms with E-state index in [2.05, 4.69) is 38.7 Å². The van der Waals surface area contributed by atoms with E-state index in [1.165, 1.54) is 0 Å². The van der Waals surface area contributed by atoms with E-state index in [1.807, 2.05) is 54.6 Å². The molecular formula is C26H33N5O3S. The van der Waals surface area contributed by atoms with E-state index in [0.29, 0.717) is 30.9 Å². The molecule has 0 unspecified atom stereocenters. The fourth-order valence-electron chi connectivity index (χ4n) is 4.17. The van der Waals surface area contributed by atoms with Crippen LogP contribution in [0, 0.1) is 0 Å². The topological polar surface area (TPSA) is 104 Å². The van der Waals surface area contributed by atoms with Gasteiger partial charge in [-0.1, -0.05) is 44.2 Å². The molecule has 2 aromatic carbocycles. The average molecular weight is 496 g/mol. The molecule has 0 bridgehead atoms.